The molecule has 0 aliphatic rings. The Morgan fingerprint density at radius 1 is 1.30 bits per heavy atom. The number of pyridine rings is 1. The summed E-state index contributed by atoms with van der Waals surface area (Å²) in [5.74, 6) is -2.35. The van der Waals surface area contributed by atoms with E-state index >= 15 is 0 Å². The van der Waals surface area contributed by atoms with E-state index in [2.05, 4.69) is 23.9 Å². The average molecular weight is 321 g/mol. The van der Waals surface area contributed by atoms with Crippen molar-refractivity contribution in [3.05, 3.63) is 51.1 Å². The van der Waals surface area contributed by atoms with Gasteiger partial charge in [-0.05, 0) is 37.3 Å². The second-order valence-electron chi connectivity index (χ2n) is 6.00. The van der Waals surface area contributed by atoms with E-state index in [0.717, 1.165) is 47.1 Å². The van der Waals surface area contributed by atoms with Crippen LogP contribution in [-0.4, -0.2) is 14.8 Å². The predicted octanol–water partition coefficient (Wildman–Crippen LogP) is 3.87. The molecule has 2 rings (SSSR count). The van der Waals surface area contributed by atoms with Crippen LogP contribution in [-0.2, 0) is 5.92 Å². The molecule has 0 saturated carbocycles. The van der Waals surface area contributed by atoms with Crippen molar-refractivity contribution in [2.75, 3.05) is 0 Å². The van der Waals surface area contributed by atoms with Gasteiger partial charge in [0.05, 0.1) is 6.20 Å². The van der Waals surface area contributed by atoms with Crippen LogP contribution >= 0.6 is 0 Å². The summed E-state index contributed by atoms with van der Waals surface area (Å²) in [6.45, 7) is 8.67. The molecule has 0 spiro atoms. The number of hydrogen-bond acceptors (Lipinski definition) is 3. The van der Waals surface area contributed by atoms with E-state index in [9.17, 15) is 13.6 Å². The minimum atomic E-state index is -3.09. The highest BCUT2D eigenvalue weighted by atomic mass is 19.3. The van der Waals surface area contributed by atoms with Crippen LogP contribution in [0.2, 0.25) is 0 Å². The smallest absolute Gasteiger partial charge is 0.267 e. The maximum Gasteiger partial charge on any atom is 0.273 e. The molecule has 6 heteroatoms. The third kappa shape index (κ3) is 3.46. The number of alkyl halides is 2. The Hall–Kier alpha value is -2.11. The maximum atomic E-state index is 13.3. The third-order valence-electron chi connectivity index (χ3n) is 4.07. The molecule has 23 heavy (non-hydrogen) atoms. The number of aromatic nitrogens is 3. The van der Waals surface area contributed by atoms with E-state index in [-0.39, 0.29) is 0 Å². The van der Waals surface area contributed by atoms with Crippen molar-refractivity contribution in [1.82, 2.24) is 14.8 Å². The normalized spacial score (nSPS) is 13.2. The molecule has 0 aliphatic carbocycles. The molecule has 1 atom stereocenters. The number of nitrogens with zero attached hydrogens (tertiary/aromatic N) is 3. The fourth-order valence-electron chi connectivity index (χ4n) is 2.45. The molecule has 0 saturated heterocycles. The molecule has 0 N–H and O–H groups in total. The summed E-state index contributed by atoms with van der Waals surface area (Å²) < 4.78 is 27.6. The summed E-state index contributed by atoms with van der Waals surface area (Å²) >= 11 is 0. The molecule has 0 amide bonds. The van der Waals surface area contributed by atoms with Crippen molar-refractivity contribution in [2.45, 2.75) is 52.9 Å². The van der Waals surface area contributed by atoms with Gasteiger partial charge < -0.3 is 0 Å². The van der Waals surface area contributed by atoms with Crippen LogP contribution in [0.25, 0.3) is 5.82 Å². The summed E-state index contributed by atoms with van der Waals surface area (Å²) in [5, 5.41) is 3.87. The van der Waals surface area contributed by atoms with Gasteiger partial charge in [0.25, 0.3) is 11.5 Å². The number of aryl methyl sites for hydroxylation is 2. The maximum absolute atomic E-state index is 13.3. The first kappa shape index (κ1) is 17.2. The highest BCUT2D eigenvalue weighted by molar-refractivity contribution is 5.39. The minimum absolute atomic E-state index is 0.362. The molecule has 0 bridgehead atoms. The third-order valence-corrected chi connectivity index (χ3v) is 4.07. The monoisotopic (exact) mass is 321 g/mol. The number of hydrogen-bond donors (Lipinski definition) is 0. The Balaban J connectivity index is 2.56. The average Bonchev–Trinajstić information content (AvgIpc) is 2.47. The van der Waals surface area contributed by atoms with E-state index in [4.69, 9.17) is 0 Å². The van der Waals surface area contributed by atoms with Gasteiger partial charge in [0, 0.05) is 24.2 Å². The largest absolute Gasteiger partial charge is 0.273 e. The van der Waals surface area contributed by atoms with Crippen LogP contribution in [0, 0.1) is 13.8 Å². The Morgan fingerprint density at radius 3 is 2.48 bits per heavy atom. The van der Waals surface area contributed by atoms with E-state index < -0.39 is 17.0 Å². The molecular weight excluding hydrogens is 300 g/mol. The zero-order valence-corrected chi connectivity index (χ0v) is 14.0. The molecule has 0 radical (unpaired) electrons. The Labute approximate surface area is 134 Å². The molecule has 0 aliphatic heterocycles. The first-order valence-electron chi connectivity index (χ1n) is 7.61. The Kier molecular flexibility index (Phi) is 4.63. The van der Waals surface area contributed by atoms with Crippen LogP contribution in [0.3, 0.4) is 0 Å². The Morgan fingerprint density at radius 2 is 1.96 bits per heavy atom. The van der Waals surface area contributed by atoms with Crippen LogP contribution in [0.15, 0.2) is 23.1 Å². The number of rotatable bonds is 4. The zero-order valence-electron chi connectivity index (χ0n) is 14.0. The highest BCUT2D eigenvalue weighted by Gasteiger charge is 2.26. The molecule has 124 valence electrons. The van der Waals surface area contributed by atoms with Crippen LogP contribution < -0.4 is 5.56 Å². The van der Waals surface area contributed by atoms with Crippen molar-refractivity contribution < 1.29 is 8.78 Å². The van der Waals surface area contributed by atoms with Gasteiger partial charge in [-0.25, -0.2) is 13.8 Å². The fraction of sp³-hybridized carbons (Fsp3) is 0.471. The van der Waals surface area contributed by atoms with Gasteiger partial charge in [-0.1, -0.05) is 19.9 Å². The second kappa shape index (κ2) is 6.18. The lowest BCUT2D eigenvalue weighted by atomic mass is 9.96. The minimum Gasteiger partial charge on any atom is -0.267 e. The number of halogens is 2. The van der Waals surface area contributed by atoms with Crippen molar-refractivity contribution >= 4 is 0 Å². The standard InChI is InChI=1S/C17H21F2N3O/c1-6-10(2)14-7-11(3)16(21-12(14)4)22-15(23)8-13(9-20-22)17(5,18)19/h7-10H,6H2,1-5H3. The predicted molar refractivity (Wildman–Crippen MR) is 85.4 cm³/mol. The lowest BCUT2D eigenvalue weighted by Crippen LogP contribution is -2.25. The van der Waals surface area contributed by atoms with Gasteiger partial charge in [0.2, 0.25) is 0 Å². The van der Waals surface area contributed by atoms with Gasteiger partial charge in [-0.15, -0.1) is 0 Å². The molecule has 1 unspecified atom stereocenters. The van der Waals surface area contributed by atoms with E-state index in [0.29, 0.717) is 11.7 Å². The summed E-state index contributed by atoms with van der Waals surface area (Å²) in [6, 6.07) is 2.90. The Bertz CT molecular complexity index is 778. The second-order valence-corrected chi connectivity index (χ2v) is 6.00. The molecular formula is C17H21F2N3O. The van der Waals surface area contributed by atoms with Crippen molar-refractivity contribution in [3.8, 4) is 5.82 Å². The summed E-state index contributed by atoms with van der Waals surface area (Å²) in [7, 11) is 0. The molecule has 2 heterocycles. The molecule has 4 nitrogen and oxygen atoms in total. The molecule has 0 fully saturated rings. The lowest BCUT2D eigenvalue weighted by Gasteiger charge is -2.16. The van der Waals surface area contributed by atoms with Gasteiger partial charge in [-0.3, -0.25) is 4.79 Å². The van der Waals surface area contributed by atoms with E-state index in [1.807, 2.05) is 19.9 Å². The van der Waals surface area contributed by atoms with Crippen molar-refractivity contribution in [3.63, 3.8) is 0 Å². The summed E-state index contributed by atoms with van der Waals surface area (Å²) in [5.41, 5.74) is 1.72. The zero-order chi connectivity index (χ0) is 17.4. The SMILES string of the molecule is CCC(C)c1cc(C)c(-n2ncc(C(C)(F)F)cc2=O)nc1C. The van der Waals surface area contributed by atoms with Gasteiger partial charge in [-0.2, -0.15) is 9.78 Å². The van der Waals surface area contributed by atoms with Gasteiger partial charge >= 0.3 is 0 Å². The quantitative estimate of drug-likeness (QED) is 0.859. The lowest BCUT2D eigenvalue weighted by molar-refractivity contribution is 0.0167. The first-order chi connectivity index (χ1) is 10.6. The van der Waals surface area contributed by atoms with Crippen molar-refractivity contribution in [2.24, 2.45) is 0 Å². The van der Waals surface area contributed by atoms with Crippen LogP contribution in [0.4, 0.5) is 8.78 Å². The molecule has 0 aromatic carbocycles. The van der Waals surface area contributed by atoms with E-state index in [1.54, 1.807) is 0 Å². The molecule has 2 aromatic heterocycles. The van der Waals surface area contributed by atoms with Crippen LogP contribution in [0.1, 0.15) is 55.5 Å². The van der Waals surface area contributed by atoms with E-state index in [1.165, 1.54) is 0 Å². The van der Waals surface area contributed by atoms with Crippen molar-refractivity contribution in [1.29, 1.82) is 0 Å². The van der Waals surface area contributed by atoms with Crippen LogP contribution in [0.5, 0.6) is 0 Å². The fourth-order valence-corrected chi connectivity index (χ4v) is 2.45. The summed E-state index contributed by atoms with van der Waals surface area (Å²) in [4.78, 5) is 16.6. The topological polar surface area (TPSA) is 47.8 Å². The highest BCUT2D eigenvalue weighted by Crippen LogP contribution is 2.26. The van der Waals surface area contributed by atoms with Gasteiger partial charge in [0.1, 0.15) is 0 Å². The molecule has 2 aromatic rings. The summed E-state index contributed by atoms with van der Waals surface area (Å²) in [6.07, 6.45) is 2.00. The first-order valence-corrected chi connectivity index (χ1v) is 7.61. The van der Waals surface area contributed by atoms with Gasteiger partial charge in [0.15, 0.2) is 5.82 Å².